The number of thioether (sulfide) groups is 1. The number of pyridine rings is 1. The number of methoxy groups -OCH3 is 1. The molecule has 0 spiro atoms. The molecule has 1 atom stereocenters. The number of hydrogen-bond acceptors (Lipinski definition) is 6. The number of nitrogens with one attached hydrogen (secondary N) is 1. The first kappa shape index (κ1) is 19.9. The third-order valence-corrected chi connectivity index (χ3v) is 5.12. The van der Waals surface area contributed by atoms with Gasteiger partial charge in [-0.2, -0.15) is 0 Å². The maximum atomic E-state index is 12.2. The summed E-state index contributed by atoms with van der Waals surface area (Å²) in [4.78, 5) is 16.6. The minimum atomic E-state index is -0.0288. The summed E-state index contributed by atoms with van der Waals surface area (Å²) < 4.78 is 7.25. The van der Waals surface area contributed by atoms with Crippen LogP contribution >= 0.6 is 11.8 Å². The number of rotatable bonds is 8. The molecule has 0 aliphatic rings. The maximum absolute atomic E-state index is 12.2. The first-order valence-corrected chi connectivity index (χ1v) is 10.0. The van der Waals surface area contributed by atoms with Gasteiger partial charge < -0.3 is 10.1 Å². The smallest absolute Gasteiger partial charge is 0.230 e. The Balaban J connectivity index is 1.94. The highest BCUT2D eigenvalue weighted by molar-refractivity contribution is 7.99. The number of carbonyl (C=O) groups is 1. The summed E-state index contributed by atoms with van der Waals surface area (Å²) in [7, 11) is 1.62. The predicted octanol–water partition coefficient (Wildman–Crippen LogP) is 3.34. The highest BCUT2D eigenvalue weighted by Crippen LogP contribution is 2.28. The Labute approximate surface area is 168 Å². The molecule has 2 aromatic heterocycles. The zero-order chi connectivity index (χ0) is 19.9. The molecule has 0 aliphatic heterocycles. The van der Waals surface area contributed by atoms with E-state index in [1.165, 1.54) is 11.8 Å². The fourth-order valence-corrected chi connectivity index (χ4v) is 3.32. The van der Waals surface area contributed by atoms with E-state index in [4.69, 9.17) is 4.74 Å². The Bertz CT molecular complexity index is 929. The monoisotopic (exact) mass is 397 g/mol. The molecule has 8 heteroatoms. The van der Waals surface area contributed by atoms with Crippen molar-refractivity contribution in [2.24, 2.45) is 0 Å². The first-order valence-electron chi connectivity index (χ1n) is 9.05. The molecule has 0 aliphatic carbocycles. The van der Waals surface area contributed by atoms with E-state index in [2.05, 4.69) is 20.5 Å². The van der Waals surface area contributed by atoms with Gasteiger partial charge in [-0.15, -0.1) is 10.2 Å². The van der Waals surface area contributed by atoms with Crippen LogP contribution in [0.15, 0.2) is 53.8 Å². The standard InChI is InChI=1S/C20H23N5O2S/c1-4-14(2)22-18(26)13-28-20-24-23-19(17-10-5-6-11-21-17)25(20)15-8-7-9-16(12-15)27-3/h5-12,14H,4,13H2,1-3H3,(H,22,26)/t14-/m0/s1. The second kappa shape index (κ2) is 9.36. The van der Waals surface area contributed by atoms with Gasteiger partial charge in [-0.05, 0) is 37.6 Å². The second-order valence-electron chi connectivity index (χ2n) is 6.22. The molecule has 2 heterocycles. The van der Waals surface area contributed by atoms with Gasteiger partial charge in [0.2, 0.25) is 5.91 Å². The van der Waals surface area contributed by atoms with Crippen molar-refractivity contribution in [2.75, 3.05) is 12.9 Å². The minimum Gasteiger partial charge on any atom is -0.497 e. The summed E-state index contributed by atoms with van der Waals surface area (Å²) in [6.07, 6.45) is 2.60. The van der Waals surface area contributed by atoms with Crippen molar-refractivity contribution in [3.63, 3.8) is 0 Å². The van der Waals surface area contributed by atoms with E-state index in [1.807, 2.05) is 60.9 Å². The predicted molar refractivity (Wildman–Crippen MR) is 110 cm³/mol. The van der Waals surface area contributed by atoms with Crippen LogP contribution in [-0.2, 0) is 4.79 Å². The van der Waals surface area contributed by atoms with E-state index in [-0.39, 0.29) is 17.7 Å². The molecule has 146 valence electrons. The number of aromatic nitrogens is 4. The summed E-state index contributed by atoms with van der Waals surface area (Å²) in [5.41, 5.74) is 1.54. The minimum absolute atomic E-state index is 0.0288. The van der Waals surface area contributed by atoms with E-state index in [9.17, 15) is 4.79 Å². The van der Waals surface area contributed by atoms with Crippen molar-refractivity contribution in [2.45, 2.75) is 31.5 Å². The molecular weight excluding hydrogens is 374 g/mol. The molecule has 0 fully saturated rings. The molecular formula is C20H23N5O2S. The van der Waals surface area contributed by atoms with Crippen molar-refractivity contribution >= 4 is 17.7 Å². The van der Waals surface area contributed by atoms with Gasteiger partial charge in [-0.1, -0.05) is 30.8 Å². The number of carbonyl (C=O) groups excluding carboxylic acids is 1. The summed E-state index contributed by atoms with van der Waals surface area (Å²) in [5.74, 6) is 1.57. The summed E-state index contributed by atoms with van der Waals surface area (Å²) in [6.45, 7) is 4.02. The molecule has 1 N–H and O–H groups in total. The maximum Gasteiger partial charge on any atom is 0.230 e. The summed E-state index contributed by atoms with van der Waals surface area (Å²) in [6, 6.07) is 13.4. The fourth-order valence-electron chi connectivity index (χ4n) is 2.56. The van der Waals surface area contributed by atoms with Gasteiger partial charge in [-0.3, -0.25) is 14.3 Å². The fraction of sp³-hybridized carbons (Fsp3) is 0.300. The second-order valence-corrected chi connectivity index (χ2v) is 7.17. The van der Waals surface area contributed by atoms with Crippen LogP contribution in [-0.4, -0.2) is 44.6 Å². The zero-order valence-corrected chi connectivity index (χ0v) is 16.9. The zero-order valence-electron chi connectivity index (χ0n) is 16.1. The lowest BCUT2D eigenvalue weighted by molar-refractivity contribution is -0.119. The van der Waals surface area contributed by atoms with Gasteiger partial charge in [-0.25, -0.2) is 0 Å². The Morgan fingerprint density at radius 1 is 1.25 bits per heavy atom. The highest BCUT2D eigenvalue weighted by atomic mass is 32.2. The van der Waals surface area contributed by atoms with Gasteiger partial charge in [0.1, 0.15) is 11.4 Å². The quantitative estimate of drug-likeness (QED) is 0.587. The normalized spacial score (nSPS) is 11.8. The molecule has 3 rings (SSSR count). The number of benzene rings is 1. The molecule has 0 bridgehead atoms. The Morgan fingerprint density at radius 3 is 2.82 bits per heavy atom. The number of amides is 1. The van der Waals surface area contributed by atoms with Crippen LogP contribution in [0.2, 0.25) is 0 Å². The van der Waals surface area contributed by atoms with Crippen molar-refractivity contribution < 1.29 is 9.53 Å². The average Bonchev–Trinajstić information content (AvgIpc) is 3.16. The van der Waals surface area contributed by atoms with Crippen LogP contribution < -0.4 is 10.1 Å². The van der Waals surface area contributed by atoms with Gasteiger partial charge in [0.05, 0.1) is 18.6 Å². The third-order valence-electron chi connectivity index (χ3n) is 4.19. The Kier molecular flexibility index (Phi) is 6.65. The van der Waals surface area contributed by atoms with Gasteiger partial charge in [0.15, 0.2) is 11.0 Å². The molecule has 3 aromatic rings. The highest BCUT2D eigenvalue weighted by Gasteiger charge is 2.18. The Hall–Kier alpha value is -2.87. The van der Waals surface area contributed by atoms with Crippen molar-refractivity contribution in [1.29, 1.82) is 0 Å². The molecule has 0 saturated carbocycles. The third kappa shape index (κ3) is 4.69. The van der Waals surface area contributed by atoms with Crippen molar-refractivity contribution in [3.8, 4) is 23.0 Å². The van der Waals surface area contributed by atoms with E-state index in [1.54, 1.807) is 13.3 Å². The van der Waals surface area contributed by atoms with E-state index < -0.39 is 0 Å². The van der Waals surface area contributed by atoms with Crippen LogP contribution in [0.5, 0.6) is 5.75 Å². The lowest BCUT2D eigenvalue weighted by atomic mass is 10.2. The largest absolute Gasteiger partial charge is 0.497 e. The first-order chi connectivity index (χ1) is 13.6. The van der Waals surface area contributed by atoms with Crippen LogP contribution in [0.4, 0.5) is 0 Å². The molecule has 0 radical (unpaired) electrons. The molecule has 0 saturated heterocycles. The summed E-state index contributed by atoms with van der Waals surface area (Å²) in [5, 5.41) is 12.2. The molecule has 1 amide bonds. The summed E-state index contributed by atoms with van der Waals surface area (Å²) >= 11 is 1.34. The van der Waals surface area contributed by atoms with Crippen LogP contribution in [0.3, 0.4) is 0 Å². The van der Waals surface area contributed by atoms with Crippen molar-refractivity contribution in [1.82, 2.24) is 25.1 Å². The number of nitrogens with zero attached hydrogens (tertiary/aromatic N) is 4. The lowest BCUT2D eigenvalue weighted by Gasteiger charge is -2.12. The molecule has 28 heavy (non-hydrogen) atoms. The number of ether oxygens (including phenoxy) is 1. The Morgan fingerprint density at radius 2 is 2.11 bits per heavy atom. The van der Waals surface area contributed by atoms with Crippen LogP contribution in [0.1, 0.15) is 20.3 Å². The average molecular weight is 398 g/mol. The van der Waals surface area contributed by atoms with Crippen molar-refractivity contribution in [3.05, 3.63) is 48.7 Å². The van der Waals surface area contributed by atoms with Gasteiger partial charge in [0.25, 0.3) is 0 Å². The van der Waals surface area contributed by atoms with E-state index in [0.717, 1.165) is 17.9 Å². The van der Waals surface area contributed by atoms with E-state index >= 15 is 0 Å². The molecule has 1 aromatic carbocycles. The molecule has 7 nitrogen and oxygen atoms in total. The van der Waals surface area contributed by atoms with Gasteiger partial charge in [0, 0.05) is 18.3 Å². The lowest BCUT2D eigenvalue weighted by Crippen LogP contribution is -2.33. The van der Waals surface area contributed by atoms with E-state index in [0.29, 0.717) is 16.7 Å². The number of hydrogen-bond donors (Lipinski definition) is 1. The van der Waals surface area contributed by atoms with Crippen LogP contribution in [0.25, 0.3) is 17.2 Å². The van der Waals surface area contributed by atoms with Crippen LogP contribution in [0, 0.1) is 0 Å². The topological polar surface area (TPSA) is 81.9 Å². The SMILES string of the molecule is CC[C@H](C)NC(=O)CSc1nnc(-c2ccccn2)n1-c1cccc(OC)c1. The molecule has 0 unspecified atom stereocenters. The van der Waals surface area contributed by atoms with Gasteiger partial charge >= 0.3 is 0 Å².